The molecule has 1 rings (SSSR count). The van der Waals surface area contributed by atoms with Gasteiger partial charge in [0.25, 0.3) is 0 Å². The summed E-state index contributed by atoms with van der Waals surface area (Å²) in [6.45, 7) is 3.73. The van der Waals surface area contributed by atoms with Crippen molar-refractivity contribution in [2.45, 2.75) is 19.3 Å². The van der Waals surface area contributed by atoms with Crippen LogP contribution in [0.5, 0.6) is 0 Å². The smallest absolute Gasteiger partial charge is 0.323 e. The molecule has 0 radical (unpaired) electrons. The van der Waals surface area contributed by atoms with Gasteiger partial charge in [0.2, 0.25) is 5.91 Å². The van der Waals surface area contributed by atoms with Gasteiger partial charge in [0.15, 0.2) is 0 Å². The maximum Gasteiger partial charge on any atom is 0.323 e. The number of likely N-dealkylation sites (N-methyl/N-ethyl adjacent to an activating group) is 1. The molecule has 0 saturated carbocycles. The molecule has 0 aromatic heterocycles. The summed E-state index contributed by atoms with van der Waals surface area (Å²) < 4.78 is 0. The number of amides is 3. The number of nitrogens with one attached hydrogen (secondary N) is 1. The maximum absolute atomic E-state index is 11.6. The molecule has 1 heterocycles. The molecule has 3 amide bonds. The van der Waals surface area contributed by atoms with Gasteiger partial charge in [0.1, 0.15) is 0 Å². The molecular weight excluding hydrogens is 242 g/mol. The number of hydrogen-bond donors (Lipinski definition) is 1. The van der Waals surface area contributed by atoms with E-state index in [0.29, 0.717) is 6.54 Å². The van der Waals surface area contributed by atoms with E-state index >= 15 is 0 Å². The van der Waals surface area contributed by atoms with Gasteiger partial charge < -0.3 is 9.80 Å². The number of alkyl halides is 1. The molecule has 6 heteroatoms. The highest BCUT2D eigenvalue weighted by Crippen LogP contribution is 2.06. The number of imide groups is 1. The zero-order valence-electron chi connectivity index (χ0n) is 10.2. The fourth-order valence-corrected chi connectivity index (χ4v) is 1.93. The summed E-state index contributed by atoms with van der Waals surface area (Å²) in [4.78, 5) is 26.6. The Kier molecular flexibility index (Phi) is 6.29. The Balaban J connectivity index is 2.19. The number of hydrogen-bond acceptors (Lipinski definition) is 3. The van der Waals surface area contributed by atoms with Crippen molar-refractivity contribution in [2.75, 3.05) is 39.1 Å². The van der Waals surface area contributed by atoms with Crippen molar-refractivity contribution in [1.29, 1.82) is 0 Å². The second-order valence-corrected chi connectivity index (χ2v) is 4.64. The highest BCUT2D eigenvalue weighted by molar-refractivity contribution is 6.19. The minimum Gasteiger partial charge on any atom is -0.326 e. The third kappa shape index (κ3) is 5.37. The van der Waals surface area contributed by atoms with Gasteiger partial charge in [0, 0.05) is 32.4 Å². The summed E-state index contributed by atoms with van der Waals surface area (Å²) in [6.07, 6.45) is 2.65. The topological polar surface area (TPSA) is 52.6 Å². The largest absolute Gasteiger partial charge is 0.326 e. The Bertz CT molecular complexity index is 267. The normalized spacial score (nSPS) is 15.9. The lowest BCUT2D eigenvalue weighted by molar-refractivity contribution is -0.119. The van der Waals surface area contributed by atoms with E-state index in [1.54, 1.807) is 7.05 Å². The number of carbonyl (C=O) groups is 2. The van der Waals surface area contributed by atoms with Gasteiger partial charge in [-0.25, -0.2) is 4.79 Å². The van der Waals surface area contributed by atoms with Crippen LogP contribution in [0.3, 0.4) is 0 Å². The van der Waals surface area contributed by atoms with Crippen molar-refractivity contribution in [3.8, 4) is 0 Å². The first-order valence-electron chi connectivity index (χ1n) is 5.96. The summed E-state index contributed by atoms with van der Waals surface area (Å²) >= 11 is 5.41. The molecule has 1 saturated heterocycles. The van der Waals surface area contributed by atoms with Gasteiger partial charge in [-0.3, -0.25) is 10.1 Å². The first kappa shape index (κ1) is 14.3. The molecule has 1 N–H and O–H groups in total. The monoisotopic (exact) mass is 261 g/mol. The van der Waals surface area contributed by atoms with E-state index in [-0.39, 0.29) is 24.2 Å². The molecule has 98 valence electrons. The van der Waals surface area contributed by atoms with Crippen LogP contribution in [-0.4, -0.2) is 60.8 Å². The van der Waals surface area contributed by atoms with Gasteiger partial charge in [0.05, 0.1) is 0 Å². The predicted molar refractivity (Wildman–Crippen MR) is 67.2 cm³/mol. The van der Waals surface area contributed by atoms with E-state index in [1.807, 2.05) is 0 Å². The fourth-order valence-electron chi connectivity index (χ4n) is 1.76. The van der Waals surface area contributed by atoms with Crippen molar-refractivity contribution in [2.24, 2.45) is 0 Å². The molecule has 0 bridgehead atoms. The fraction of sp³-hybridized carbons (Fsp3) is 0.818. The standard InChI is InChI=1S/C11H20ClN3O2/c1-14(8-9-15-6-2-3-7-15)11(17)13-10(16)4-5-12/h2-9H2,1H3,(H,13,16,17). The van der Waals surface area contributed by atoms with Crippen molar-refractivity contribution in [3.63, 3.8) is 0 Å². The van der Waals surface area contributed by atoms with Crippen LogP contribution in [0.15, 0.2) is 0 Å². The van der Waals surface area contributed by atoms with Crippen LogP contribution in [0.1, 0.15) is 19.3 Å². The average molecular weight is 262 g/mol. The van der Waals surface area contributed by atoms with Crippen LogP contribution in [0.25, 0.3) is 0 Å². The average Bonchev–Trinajstić information content (AvgIpc) is 2.78. The van der Waals surface area contributed by atoms with Crippen molar-refractivity contribution in [1.82, 2.24) is 15.1 Å². The van der Waals surface area contributed by atoms with Crippen molar-refractivity contribution in [3.05, 3.63) is 0 Å². The zero-order valence-corrected chi connectivity index (χ0v) is 11.0. The zero-order chi connectivity index (χ0) is 12.7. The molecule has 0 unspecified atom stereocenters. The SMILES string of the molecule is CN(CCN1CCCC1)C(=O)NC(=O)CCCl. The van der Waals surface area contributed by atoms with E-state index in [0.717, 1.165) is 19.6 Å². The number of rotatable bonds is 5. The molecule has 1 aliphatic rings. The van der Waals surface area contributed by atoms with Gasteiger partial charge in [-0.15, -0.1) is 11.6 Å². The Morgan fingerprint density at radius 1 is 1.35 bits per heavy atom. The van der Waals surface area contributed by atoms with E-state index in [9.17, 15) is 9.59 Å². The Morgan fingerprint density at radius 3 is 2.59 bits per heavy atom. The number of urea groups is 1. The van der Waals surface area contributed by atoms with Crippen LogP contribution >= 0.6 is 11.6 Å². The summed E-state index contributed by atoms with van der Waals surface area (Å²) in [5.74, 6) is -0.0885. The van der Waals surface area contributed by atoms with Gasteiger partial charge in [-0.05, 0) is 25.9 Å². The lowest BCUT2D eigenvalue weighted by Crippen LogP contribution is -2.43. The van der Waals surface area contributed by atoms with Crippen LogP contribution in [0, 0.1) is 0 Å². The van der Waals surface area contributed by atoms with Crippen molar-refractivity contribution >= 4 is 23.5 Å². The summed E-state index contributed by atoms with van der Waals surface area (Å²) in [5, 5.41) is 2.30. The van der Waals surface area contributed by atoms with E-state index in [4.69, 9.17) is 11.6 Å². The second-order valence-electron chi connectivity index (χ2n) is 4.26. The minimum absolute atomic E-state index is 0.174. The molecule has 0 atom stereocenters. The van der Waals surface area contributed by atoms with E-state index in [2.05, 4.69) is 10.2 Å². The molecule has 0 aromatic rings. The molecule has 17 heavy (non-hydrogen) atoms. The Morgan fingerprint density at radius 2 is 2.00 bits per heavy atom. The van der Waals surface area contributed by atoms with E-state index < -0.39 is 0 Å². The van der Waals surface area contributed by atoms with Crippen LogP contribution in [0.4, 0.5) is 4.79 Å². The molecule has 0 spiro atoms. The number of nitrogens with zero attached hydrogens (tertiary/aromatic N) is 2. The molecule has 1 fully saturated rings. The third-order valence-electron chi connectivity index (χ3n) is 2.86. The van der Waals surface area contributed by atoms with Gasteiger partial charge in [-0.1, -0.05) is 0 Å². The van der Waals surface area contributed by atoms with E-state index in [1.165, 1.54) is 17.7 Å². The minimum atomic E-state index is -0.348. The quantitative estimate of drug-likeness (QED) is 0.748. The lowest BCUT2D eigenvalue weighted by Gasteiger charge is -2.21. The van der Waals surface area contributed by atoms with Crippen molar-refractivity contribution < 1.29 is 9.59 Å². The first-order chi connectivity index (χ1) is 8.13. The Labute approximate surface area is 107 Å². The van der Waals surface area contributed by atoms with Gasteiger partial charge >= 0.3 is 6.03 Å². The summed E-state index contributed by atoms with van der Waals surface area (Å²) in [6, 6.07) is -0.348. The van der Waals surface area contributed by atoms with Crippen LogP contribution < -0.4 is 5.32 Å². The van der Waals surface area contributed by atoms with Crippen LogP contribution in [-0.2, 0) is 4.79 Å². The molecular formula is C11H20ClN3O2. The number of likely N-dealkylation sites (tertiary alicyclic amines) is 1. The second kappa shape index (κ2) is 7.50. The molecule has 5 nitrogen and oxygen atoms in total. The maximum atomic E-state index is 11.6. The molecule has 1 aliphatic heterocycles. The lowest BCUT2D eigenvalue weighted by atomic mass is 10.4. The summed E-state index contributed by atoms with van der Waals surface area (Å²) in [7, 11) is 1.69. The number of carbonyl (C=O) groups excluding carboxylic acids is 2. The first-order valence-corrected chi connectivity index (χ1v) is 6.50. The van der Waals surface area contributed by atoms with Gasteiger partial charge in [-0.2, -0.15) is 0 Å². The highest BCUT2D eigenvalue weighted by Gasteiger charge is 2.15. The molecule has 0 aliphatic carbocycles. The number of halogens is 1. The van der Waals surface area contributed by atoms with Crippen LogP contribution in [0.2, 0.25) is 0 Å². The highest BCUT2D eigenvalue weighted by atomic mass is 35.5. The Hall–Kier alpha value is -0.810. The molecule has 0 aromatic carbocycles. The third-order valence-corrected chi connectivity index (χ3v) is 3.05. The summed E-state index contributed by atoms with van der Waals surface area (Å²) in [5.41, 5.74) is 0. The predicted octanol–water partition coefficient (Wildman–Crippen LogP) is 0.879.